The van der Waals surface area contributed by atoms with Gasteiger partial charge in [0.1, 0.15) is 18.2 Å². The molecule has 8 aliphatic heterocycles. The first kappa shape index (κ1) is 26.9. The molecule has 1 aliphatic carbocycles. The van der Waals surface area contributed by atoms with Crippen molar-refractivity contribution in [2.45, 2.75) is 39.3 Å². The molecule has 2 fully saturated rings. The smallest absolute Gasteiger partial charge is 0.129 e. The minimum Gasteiger partial charge on any atom is -0.512 e. The van der Waals surface area contributed by atoms with E-state index < -0.39 is 0 Å². The van der Waals surface area contributed by atoms with Crippen LogP contribution >= 0.6 is 0 Å². The molecule has 8 bridgehead atoms. The summed E-state index contributed by atoms with van der Waals surface area (Å²) in [6.07, 6.45) is 6.70. The topological polar surface area (TPSA) is 78.1 Å². The molecule has 3 N–H and O–H groups in total. The van der Waals surface area contributed by atoms with Crippen molar-refractivity contribution in [1.29, 1.82) is 0 Å². The van der Waals surface area contributed by atoms with Crippen LogP contribution in [0.2, 0.25) is 0 Å². The summed E-state index contributed by atoms with van der Waals surface area (Å²) in [5.41, 5.74) is 14.4. The first-order valence-electron chi connectivity index (χ1n) is 15.2. The Bertz CT molecular complexity index is 1560. The number of piperidine rings is 1. The molecule has 218 valence electrons. The number of nitrogens with zero attached hydrogens (tertiary/aromatic N) is 4. The molecule has 2 aromatic carbocycles. The average molecular weight is 564 g/mol. The number of aromatic nitrogens is 1. The van der Waals surface area contributed by atoms with Gasteiger partial charge in [0, 0.05) is 69.2 Å². The van der Waals surface area contributed by atoms with E-state index in [2.05, 4.69) is 71.1 Å². The lowest BCUT2D eigenvalue weighted by Gasteiger charge is -2.33. The number of hydrogen-bond donors (Lipinski definition) is 2. The lowest BCUT2D eigenvalue weighted by Crippen LogP contribution is -2.37. The normalized spacial score (nSPS) is 27.7. The molecule has 1 aromatic heterocycles. The molecule has 9 heterocycles. The van der Waals surface area contributed by atoms with Crippen molar-refractivity contribution in [3.63, 3.8) is 0 Å². The summed E-state index contributed by atoms with van der Waals surface area (Å²) in [5, 5.41) is 11.3. The van der Waals surface area contributed by atoms with Crippen molar-refractivity contribution >= 4 is 5.82 Å². The Morgan fingerprint density at radius 2 is 1.90 bits per heavy atom. The number of likely N-dealkylation sites (N-methyl/N-ethyl adjacent to an activating group) is 1. The van der Waals surface area contributed by atoms with E-state index in [1.54, 1.807) is 6.20 Å². The minimum absolute atomic E-state index is 0.0929. The van der Waals surface area contributed by atoms with E-state index in [9.17, 15) is 5.11 Å². The fourth-order valence-corrected chi connectivity index (χ4v) is 7.29. The van der Waals surface area contributed by atoms with Gasteiger partial charge in [-0.05, 0) is 84.7 Å². The molecule has 12 rings (SSSR count). The first-order chi connectivity index (χ1) is 20.4. The van der Waals surface area contributed by atoms with E-state index in [4.69, 9.17) is 15.5 Å². The number of ether oxygens (including phenoxy) is 1. The maximum Gasteiger partial charge on any atom is 0.129 e. The number of pyridine rings is 1. The average Bonchev–Trinajstić information content (AvgIpc) is 3.77. The summed E-state index contributed by atoms with van der Waals surface area (Å²) >= 11 is 0. The molecule has 42 heavy (non-hydrogen) atoms. The summed E-state index contributed by atoms with van der Waals surface area (Å²) in [7, 11) is 2.07. The van der Waals surface area contributed by atoms with Gasteiger partial charge in [0.15, 0.2) is 0 Å². The van der Waals surface area contributed by atoms with Crippen molar-refractivity contribution in [2.24, 2.45) is 17.1 Å². The zero-order valence-corrected chi connectivity index (χ0v) is 24.7. The highest BCUT2D eigenvalue weighted by atomic mass is 16.5. The summed E-state index contributed by atoms with van der Waals surface area (Å²) in [5.74, 6) is 2.82. The Labute approximate surface area is 248 Å². The number of aliphatic hydroxyl groups is 1. The minimum atomic E-state index is -0.0929. The molecule has 0 radical (unpaired) electrons. The quantitative estimate of drug-likeness (QED) is 0.379. The summed E-state index contributed by atoms with van der Waals surface area (Å²) in [4.78, 5) is 12.1. The lowest BCUT2D eigenvalue weighted by molar-refractivity contribution is 0.246. The van der Waals surface area contributed by atoms with Gasteiger partial charge in [-0.15, -0.1) is 0 Å². The van der Waals surface area contributed by atoms with Crippen LogP contribution in [0.5, 0.6) is 5.75 Å². The van der Waals surface area contributed by atoms with Gasteiger partial charge in [-0.2, -0.15) is 0 Å². The molecular formula is C35H41N5O2. The highest BCUT2D eigenvalue weighted by molar-refractivity contribution is 5.68. The van der Waals surface area contributed by atoms with Crippen LogP contribution in [0.1, 0.15) is 35.1 Å². The third kappa shape index (κ3) is 4.79. The Morgan fingerprint density at radius 1 is 1.05 bits per heavy atom. The first-order valence-corrected chi connectivity index (χ1v) is 15.2. The standard InChI is InChI=1S/C35H41N5O2/c1-24-26-11-10-25-20-39(16-12-29(24)25)22-28(19-36)38(2)15-13-33(41)35-14-17-40(21-27(35)18-35)34-9-5-7-31(37-34)30-6-3-4-8-32(30)42-23-26/h3-11,13,19,27,41H,12,14-18,20-23,36H2,1-2H3/b28-19-,33-13+/t27?,35-/m1/s1. The third-order valence-corrected chi connectivity index (χ3v) is 10.1. The van der Waals surface area contributed by atoms with Crippen molar-refractivity contribution in [2.75, 3.05) is 44.7 Å². The maximum absolute atomic E-state index is 11.3. The van der Waals surface area contributed by atoms with Gasteiger partial charge in [-0.25, -0.2) is 4.98 Å². The molecular weight excluding hydrogens is 522 g/mol. The second-order valence-electron chi connectivity index (χ2n) is 12.5. The van der Waals surface area contributed by atoms with Crippen LogP contribution in [-0.4, -0.2) is 59.7 Å². The van der Waals surface area contributed by atoms with E-state index in [0.29, 0.717) is 24.8 Å². The second-order valence-corrected chi connectivity index (χ2v) is 12.5. The number of rotatable bonds is 0. The molecule has 3 atom stereocenters. The van der Waals surface area contributed by atoms with Gasteiger partial charge in [0.25, 0.3) is 0 Å². The number of anilines is 1. The van der Waals surface area contributed by atoms with E-state index in [1.165, 1.54) is 22.3 Å². The molecule has 1 saturated carbocycles. The molecule has 1 saturated heterocycles. The number of allylic oxidation sites excluding steroid dienone is 1. The third-order valence-electron chi connectivity index (χ3n) is 10.1. The number of benzene rings is 2. The molecule has 9 aliphatic rings. The monoisotopic (exact) mass is 563 g/mol. The lowest BCUT2D eigenvalue weighted by atomic mass is 9.92. The second kappa shape index (κ2) is 10.7. The van der Waals surface area contributed by atoms with Crippen molar-refractivity contribution < 1.29 is 9.84 Å². The van der Waals surface area contributed by atoms with Crippen LogP contribution in [-0.2, 0) is 19.6 Å². The summed E-state index contributed by atoms with van der Waals surface area (Å²) < 4.78 is 6.49. The maximum atomic E-state index is 11.3. The predicted octanol–water partition coefficient (Wildman–Crippen LogP) is 5.40. The molecule has 7 nitrogen and oxygen atoms in total. The van der Waals surface area contributed by atoms with Gasteiger partial charge < -0.3 is 25.4 Å². The van der Waals surface area contributed by atoms with Crippen LogP contribution in [0.15, 0.2) is 78.3 Å². The largest absolute Gasteiger partial charge is 0.512 e. The van der Waals surface area contributed by atoms with Gasteiger partial charge in [0.05, 0.1) is 11.5 Å². The van der Waals surface area contributed by atoms with Gasteiger partial charge in [-0.3, -0.25) is 4.90 Å². The van der Waals surface area contributed by atoms with Gasteiger partial charge in [0.2, 0.25) is 0 Å². The van der Waals surface area contributed by atoms with Gasteiger partial charge in [-0.1, -0.05) is 30.3 Å². The van der Waals surface area contributed by atoms with E-state index in [1.807, 2.05) is 18.2 Å². The zero-order chi connectivity index (χ0) is 28.8. The molecule has 3 aromatic rings. The number of para-hydroxylation sites is 1. The van der Waals surface area contributed by atoms with Crippen LogP contribution in [0.4, 0.5) is 5.82 Å². The Kier molecular flexibility index (Phi) is 6.85. The fourth-order valence-electron chi connectivity index (χ4n) is 7.29. The number of hydrogen-bond acceptors (Lipinski definition) is 7. The summed E-state index contributed by atoms with van der Waals surface area (Å²) in [6.45, 7) is 7.85. The number of aliphatic hydroxyl groups excluding tert-OH is 1. The highest BCUT2D eigenvalue weighted by Crippen LogP contribution is 2.62. The van der Waals surface area contributed by atoms with Crippen LogP contribution < -0.4 is 15.4 Å². The van der Waals surface area contributed by atoms with Crippen molar-refractivity contribution in [3.05, 3.63) is 101 Å². The highest BCUT2D eigenvalue weighted by Gasteiger charge is 2.59. The van der Waals surface area contributed by atoms with E-state index in [0.717, 1.165) is 80.5 Å². The van der Waals surface area contributed by atoms with E-state index >= 15 is 0 Å². The molecule has 0 amide bonds. The predicted molar refractivity (Wildman–Crippen MR) is 167 cm³/mol. The molecule has 7 heteroatoms. The van der Waals surface area contributed by atoms with Crippen LogP contribution in [0.25, 0.3) is 11.3 Å². The molecule has 2 unspecified atom stereocenters. The van der Waals surface area contributed by atoms with E-state index in [-0.39, 0.29) is 5.41 Å². The van der Waals surface area contributed by atoms with Crippen LogP contribution in [0, 0.1) is 18.3 Å². The Balaban J connectivity index is 1.24. The Morgan fingerprint density at radius 3 is 2.76 bits per heavy atom. The van der Waals surface area contributed by atoms with Gasteiger partial charge >= 0.3 is 0 Å². The van der Waals surface area contributed by atoms with Crippen molar-refractivity contribution in [3.8, 4) is 17.0 Å². The summed E-state index contributed by atoms with van der Waals surface area (Å²) in [6, 6.07) is 19.0. The molecule has 1 spiro atoms. The Hall–Kier alpha value is -3.97. The van der Waals surface area contributed by atoms with Crippen molar-refractivity contribution in [1.82, 2.24) is 14.8 Å². The zero-order valence-electron chi connectivity index (χ0n) is 24.7. The fraction of sp³-hybridized carbons (Fsp3) is 0.400. The van der Waals surface area contributed by atoms with Crippen LogP contribution in [0.3, 0.4) is 0 Å². The SMILES string of the molecule is Cc1c2ccc3c1CCN(C/C(=C/N)N(C)C/C=C(/O)[C@@]14CCN(CC1C4)c1cccc(n1)-c1ccccc1OC2)C3. The number of nitrogens with two attached hydrogens (primary N) is 1.